The topological polar surface area (TPSA) is 129 Å². The highest BCUT2D eigenvalue weighted by Gasteiger charge is 2.64. The number of hydrogen-bond acceptors (Lipinski definition) is 8. The average Bonchev–Trinajstić information content (AvgIpc) is 3.43. The molecule has 0 aromatic rings. The van der Waals surface area contributed by atoms with Crippen molar-refractivity contribution in [2.75, 3.05) is 13.2 Å². The molecule has 41 heavy (non-hydrogen) atoms. The number of rotatable bonds is 7. The van der Waals surface area contributed by atoms with Crippen molar-refractivity contribution >= 4 is 0 Å². The Hall–Kier alpha value is -0.740. The lowest BCUT2D eigenvalue weighted by Crippen LogP contribution is -2.59. The molecule has 0 radical (unpaired) electrons. The van der Waals surface area contributed by atoms with Crippen LogP contribution in [0.2, 0.25) is 0 Å². The summed E-state index contributed by atoms with van der Waals surface area (Å²) in [5.74, 6) is 4.82. The summed E-state index contributed by atoms with van der Waals surface area (Å²) in [5, 5.41) is 50.0. The number of aliphatic hydroxyl groups is 5. The molecule has 6 aliphatic rings. The van der Waals surface area contributed by atoms with Crippen molar-refractivity contribution in [3.63, 3.8) is 0 Å². The highest BCUT2D eigenvalue weighted by Crippen LogP contribution is 2.69. The molecule has 234 valence electrons. The Kier molecular flexibility index (Phi) is 8.36. The first-order valence-corrected chi connectivity index (χ1v) is 16.4. The van der Waals surface area contributed by atoms with Gasteiger partial charge in [-0.2, -0.15) is 0 Å². The summed E-state index contributed by atoms with van der Waals surface area (Å²) in [4.78, 5) is 0. The van der Waals surface area contributed by atoms with Crippen LogP contribution in [-0.4, -0.2) is 81.7 Å². The fourth-order valence-corrected chi connectivity index (χ4v) is 10.7. The van der Waals surface area contributed by atoms with E-state index in [0.29, 0.717) is 29.3 Å². The van der Waals surface area contributed by atoms with E-state index in [2.05, 4.69) is 27.7 Å². The molecule has 15 atom stereocenters. The summed E-state index contributed by atoms with van der Waals surface area (Å²) < 4.78 is 18.0. The number of fused-ring (bicyclic) bond motifs is 7. The van der Waals surface area contributed by atoms with Gasteiger partial charge < -0.3 is 39.7 Å². The summed E-state index contributed by atoms with van der Waals surface area (Å²) in [6.07, 6.45) is 5.25. The maximum atomic E-state index is 10.4. The normalized spacial score (nSPS) is 51.8. The van der Waals surface area contributed by atoms with Crippen LogP contribution >= 0.6 is 0 Å². The van der Waals surface area contributed by atoms with E-state index < -0.39 is 37.3 Å². The standard InChI is InChI=1S/C33H54O8/c1-17(16-39-31-30(38)29(37)28(36)26(15-34)41-31)5-8-24-18(2)27-25(40-24)14-23-21-7-6-19-13-20(35)9-11-32(19,3)22(21)10-12-33(23,27)4/h17,19-23,25-31,34-38H,5-16H2,1-4H3. The molecule has 6 rings (SSSR count). The summed E-state index contributed by atoms with van der Waals surface area (Å²) in [6.45, 7) is 9.39. The fraction of sp³-hybridized carbons (Fsp3) is 0.939. The minimum absolute atomic E-state index is 0.0917. The predicted molar refractivity (Wildman–Crippen MR) is 152 cm³/mol. The van der Waals surface area contributed by atoms with Gasteiger partial charge in [-0.1, -0.05) is 20.8 Å². The van der Waals surface area contributed by atoms with E-state index in [1.165, 1.54) is 44.1 Å². The fourth-order valence-electron chi connectivity index (χ4n) is 10.7. The van der Waals surface area contributed by atoms with Crippen LogP contribution in [0, 0.1) is 46.3 Å². The van der Waals surface area contributed by atoms with Crippen LogP contribution in [0.4, 0.5) is 0 Å². The Balaban J connectivity index is 1.06. The van der Waals surface area contributed by atoms with Crippen molar-refractivity contribution in [3.05, 3.63) is 11.3 Å². The van der Waals surface area contributed by atoms with Gasteiger partial charge in [-0.05, 0) is 111 Å². The molecular weight excluding hydrogens is 524 g/mol. The van der Waals surface area contributed by atoms with Crippen LogP contribution in [-0.2, 0) is 14.2 Å². The first-order chi connectivity index (χ1) is 19.5. The van der Waals surface area contributed by atoms with Gasteiger partial charge in [0.15, 0.2) is 6.29 Å². The van der Waals surface area contributed by atoms with Crippen molar-refractivity contribution in [3.8, 4) is 0 Å². The molecule has 8 nitrogen and oxygen atoms in total. The highest BCUT2D eigenvalue weighted by atomic mass is 16.7. The van der Waals surface area contributed by atoms with Crippen LogP contribution < -0.4 is 0 Å². The summed E-state index contributed by atoms with van der Waals surface area (Å²) >= 11 is 0. The maximum absolute atomic E-state index is 10.4. The van der Waals surface area contributed by atoms with Gasteiger partial charge in [0.2, 0.25) is 0 Å². The van der Waals surface area contributed by atoms with E-state index >= 15 is 0 Å². The largest absolute Gasteiger partial charge is 0.494 e. The van der Waals surface area contributed by atoms with Crippen LogP contribution in [0.25, 0.3) is 0 Å². The first kappa shape index (κ1) is 30.3. The smallest absolute Gasteiger partial charge is 0.186 e. The van der Waals surface area contributed by atoms with Gasteiger partial charge in [0.05, 0.1) is 25.1 Å². The third-order valence-corrected chi connectivity index (χ3v) is 13.1. The molecule has 5 fully saturated rings. The van der Waals surface area contributed by atoms with Gasteiger partial charge in [-0.25, -0.2) is 0 Å². The number of aliphatic hydroxyl groups excluding tert-OH is 5. The van der Waals surface area contributed by atoms with Gasteiger partial charge in [-0.3, -0.25) is 0 Å². The van der Waals surface area contributed by atoms with Crippen molar-refractivity contribution in [2.24, 2.45) is 46.3 Å². The maximum Gasteiger partial charge on any atom is 0.186 e. The van der Waals surface area contributed by atoms with Gasteiger partial charge in [0.1, 0.15) is 30.5 Å². The second-order valence-electron chi connectivity index (χ2n) is 15.3. The van der Waals surface area contributed by atoms with Crippen LogP contribution in [0.1, 0.15) is 91.9 Å². The van der Waals surface area contributed by atoms with E-state index in [1.54, 1.807) is 0 Å². The SMILES string of the molecule is CC1=C(CCC(C)COC2OC(CO)C(O)C(O)C2O)OC2CC3C4CCC5CC(O)CCC5(C)C4CCC3(C)C12. The zero-order valence-corrected chi connectivity index (χ0v) is 25.5. The minimum atomic E-state index is -1.42. The molecule has 0 amide bonds. The van der Waals surface area contributed by atoms with E-state index in [0.717, 1.165) is 49.2 Å². The number of hydrogen-bond donors (Lipinski definition) is 5. The third-order valence-electron chi connectivity index (χ3n) is 13.1. The Labute approximate surface area is 245 Å². The quantitative estimate of drug-likeness (QED) is 0.311. The van der Waals surface area contributed by atoms with Gasteiger partial charge in [-0.15, -0.1) is 0 Å². The lowest BCUT2D eigenvalue weighted by atomic mass is 9.44. The summed E-state index contributed by atoms with van der Waals surface area (Å²) in [6, 6.07) is 0. The average molecular weight is 579 g/mol. The van der Waals surface area contributed by atoms with Crippen LogP contribution in [0.5, 0.6) is 0 Å². The molecule has 4 aliphatic carbocycles. The Morgan fingerprint density at radius 1 is 0.927 bits per heavy atom. The van der Waals surface area contributed by atoms with E-state index in [1.807, 2.05) is 0 Å². The molecule has 4 saturated carbocycles. The van der Waals surface area contributed by atoms with Crippen molar-refractivity contribution in [1.29, 1.82) is 0 Å². The molecule has 5 N–H and O–H groups in total. The molecule has 2 aliphatic heterocycles. The molecule has 0 aromatic carbocycles. The lowest BCUT2D eigenvalue weighted by molar-refractivity contribution is -0.303. The highest BCUT2D eigenvalue weighted by molar-refractivity contribution is 5.26. The van der Waals surface area contributed by atoms with Crippen LogP contribution in [0.15, 0.2) is 11.3 Å². The van der Waals surface area contributed by atoms with E-state index in [-0.39, 0.29) is 18.1 Å². The molecule has 1 saturated heterocycles. The van der Waals surface area contributed by atoms with Gasteiger partial charge >= 0.3 is 0 Å². The zero-order valence-electron chi connectivity index (χ0n) is 25.5. The monoisotopic (exact) mass is 578 g/mol. The van der Waals surface area contributed by atoms with Gasteiger partial charge in [0, 0.05) is 12.3 Å². The van der Waals surface area contributed by atoms with E-state index in [4.69, 9.17) is 14.2 Å². The van der Waals surface area contributed by atoms with Gasteiger partial charge in [0.25, 0.3) is 0 Å². The molecule has 15 unspecified atom stereocenters. The van der Waals surface area contributed by atoms with E-state index in [9.17, 15) is 25.5 Å². The Morgan fingerprint density at radius 3 is 2.44 bits per heavy atom. The minimum Gasteiger partial charge on any atom is -0.494 e. The Morgan fingerprint density at radius 2 is 1.68 bits per heavy atom. The first-order valence-electron chi connectivity index (χ1n) is 16.4. The Bertz CT molecular complexity index is 984. The second-order valence-corrected chi connectivity index (χ2v) is 15.3. The lowest BCUT2D eigenvalue weighted by Gasteiger charge is -2.60. The molecule has 2 heterocycles. The molecular formula is C33H54O8. The zero-order chi connectivity index (χ0) is 29.3. The third kappa shape index (κ3) is 5.01. The number of ether oxygens (including phenoxy) is 3. The molecule has 0 bridgehead atoms. The van der Waals surface area contributed by atoms with Crippen LogP contribution in [0.3, 0.4) is 0 Å². The summed E-state index contributed by atoms with van der Waals surface area (Å²) in [5.41, 5.74) is 2.14. The second kappa shape index (κ2) is 11.3. The van der Waals surface area contributed by atoms with Crippen molar-refractivity contribution in [2.45, 2.75) is 135 Å². The molecule has 0 spiro atoms. The predicted octanol–water partition coefficient (Wildman–Crippen LogP) is 3.52. The molecule has 0 aromatic heterocycles. The van der Waals surface area contributed by atoms with Crippen molar-refractivity contribution < 1.29 is 39.7 Å². The summed E-state index contributed by atoms with van der Waals surface area (Å²) in [7, 11) is 0. The van der Waals surface area contributed by atoms with Crippen molar-refractivity contribution in [1.82, 2.24) is 0 Å². The molecule has 8 heteroatoms. The number of allylic oxidation sites excluding steroid dienone is 1.